The maximum Gasteiger partial charge on any atom is 0.319 e. The molecule has 0 amide bonds. The van der Waals surface area contributed by atoms with Gasteiger partial charge in [0.05, 0.1) is 11.7 Å². The van der Waals surface area contributed by atoms with E-state index in [0.717, 1.165) is 12.2 Å². The molecular formula is C13H22O3S. The normalized spacial score (nSPS) is 27.8. The van der Waals surface area contributed by atoms with Crippen molar-refractivity contribution in [2.45, 2.75) is 68.8 Å². The summed E-state index contributed by atoms with van der Waals surface area (Å²) in [6, 6.07) is 0. The molecule has 0 bridgehead atoms. The van der Waals surface area contributed by atoms with Crippen LogP contribution in [0, 0.1) is 0 Å². The molecule has 98 valence electrons. The van der Waals surface area contributed by atoms with Crippen LogP contribution in [-0.2, 0) is 9.53 Å². The summed E-state index contributed by atoms with van der Waals surface area (Å²) in [6.07, 6.45) is 7.53. The lowest BCUT2D eigenvalue weighted by molar-refractivity contribution is -0.138. The summed E-state index contributed by atoms with van der Waals surface area (Å²) in [6.45, 7) is 3.53. The van der Waals surface area contributed by atoms with Gasteiger partial charge in [-0.2, -0.15) is 0 Å². The lowest BCUT2D eigenvalue weighted by Gasteiger charge is -2.25. The van der Waals surface area contributed by atoms with Crippen LogP contribution in [0.3, 0.4) is 0 Å². The smallest absolute Gasteiger partial charge is 0.319 e. The third kappa shape index (κ3) is 2.97. The standard InChI is InChI=1S/C13H22O3S/c1-12(2,11(14)15)17-9-10-5-8-13(16-10)6-3-4-7-13/h10H,3-9H2,1-2H3,(H,14,15). The van der Waals surface area contributed by atoms with Gasteiger partial charge in [-0.1, -0.05) is 12.8 Å². The Hall–Kier alpha value is -0.220. The fourth-order valence-corrected chi connectivity index (χ4v) is 3.72. The Morgan fingerprint density at radius 2 is 2.06 bits per heavy atom. The second kappa shape index (κ2) is 4.81. The molecule has 1 saturated carbocycles. The Balaban J connectivity index is 1.80. The Morgan fingerprint density at radius 3 is 2.65 bits per heavy atom. The number of ether oxygens (including phenoxy) is 1. The van der Waals surface area contributed by atoms with Gasteiger partial charge in [0.15, 0.2) is 0 Å². The highest BCUT2D eigenvalue weighted by Gasteiger charge is 2.42. The van der Waals surface area contributed by atoms with Gasteiger partial charge in [0.25, 0.3) is 0 Å². The first kappa shape index (κ1) is 13.2. The summed E-state index contributed by atoms with van der Waals surface area (Å²) in [7, 11) is 0. The number of thioether (sulfide) groups is 1. The highest BCUT2D eigenvalue weighted by Crippen LogP contribution is 2.44. The fraction of sp³-hybridized carbons (Fsp3) is 0.923. The van der Waals surface area contributed by atoms with Crippen molar-refractivity contribution in [3.05, 3.63) is 0 Å². The summed E-state index contributed by atoms with van der Waals surface area (Å²) in [5, 5.41) is 9.06. The number of carbonyl (C=O) groups is 1. The zero-order chi connectivity index (χ0) is 12.5. The molecule has 1 aliphatic heterocycles. The van der Waals surface area contributed by atoms with E-state index in [1.807, 2.05) is 0 Å². The van der Waals surface area contributed by atoms with E-state index < -0.39 is 10.7 Å². The Morgan fingerprint density at radius 1 is 1.41 bits per heavy atom. The molecule has 3 nitrogen and oxygen atoms in total. The van der Waals surface area contributed by atoms with Gasteiger partial charge in [-0.3, -0.25) is 4.79 Å². The number of aliphatic carboxylic acids is 1. The summed E-state index contributed by atoms with van der Waals surface area (Å²) in [4.78, 5) is 11.0. The molecule has 4 heteroatoms. The molecule has 2 rings (SSSR count). The lowest BCUT2D eigenvalue weighted by atomic mass is 9.98. The van der Waals surface area contributed by atoms with E-state index in [1.54, 1.807) is 13.8 Å². The SMILES string of the molecule is CC(C)(SCC1CCC2(CCCC2)O1)C(=O)O. The monoisotopic (exact) mass is 258 g/mol. The highest BCUT2D eigenvalue weighted by molar-refractivity contribution is 8.01. The van der Waals surface area contributed by atoms with Crippen LogP contribution in [0.5, 0.6) is 0 Å². The van der Waals surface area contributed by atoms with Gasteiger partial charge >= 0.3 is 5.97 Å². The molecule has 0 aromatic rings. The number of hydrogen-bond acceptors (Lipinski definition) is 3. The highest BCUT2D eigenvalue weighted by atomic mass is 32.2. The van der Waals surface area contributed by atoms with E-state index in [2.05, 4.69) is 0 Å². The number of hydrogen-bond donors (Lipinski definition) is 1. The van der Waals surface area contributed by atoms with E-state index in [1.165, 1.54) is 43.9 Å². The van der Waals surface area contributed by atoms with E-state index in [-0.39, 0.29) is 11.7 Å². The van der Waals surface area contributed by atoms with Crippen LogP contribution in [-0.4, -0.2) is 33.3 Å². The van der Waals surface area contributed by atoms with Crippen LogP contribution in [0.4, 0.5) is 0 Å². The number of carboxylic acids is 1. The molecule has 1 aliphatic carbocycles. The van der Waals surface area contributed by atoms with Crippen LogP contribution in [0.15, 0.2) is 0 Å². The topological polar surface area (TPSA) is 46.5 Å². The molecule has 2 fully saturated rings. The predicted molar refractivity (Wildman–Crippen MR) is 69.5 cm³/mol. The minimum Gasteiger partial charge on any atom is -0.480 e. The summed E-state index contributed by atoms with van der Waals surface area (Å²) in [5.41, 5.74) is 0.165. The van der Waals surface area contributed by atoms with Gasteiger partial charge in [-0.05, 0) is 39.5 Å². The quantitative estimate of drug-likeness (QED) is 0.841. The fourth-order valence-electron chi connectivity index (χ4n) is 2.76. The first-order chi connectivity index (χ1) is 7.94. The van der Waals surface area contributed by atoms with Gasteiger partial charge in [0.1, 0.15) is 4.75 Å². The lowest BCUT2D eigenvalue weighted by Crippen LogP contribution is -2.30. The molecule has 17 heavy (non-hydrogen) atoms. The van der Waals surface area contributed by atoms with Crippen LogP contribution in [0.25, 0.3) is 0 Å². The van der Waals surface area contributed by atoms with E-state index in [0.29, 0.717) is 0 Å². The van der Waals surface area contributed by atoms with Gasteiger partial charge < -0.3 is 9.84 Å². The first-order valence-corrected chi connectivity index (χ1v) is 7.47. The Bertz CT molecular complexity index is 295. The third-order valence-corrected chi connectivity index (χ3v) is 5.43. The number of carboxylic acid groups (broad SMARTS) is 1. The Labute approximate surface area is 107 Å². The van der Waals surface area contributed by atoms with Crippen molar-refractivity contribution in [1.82, 2.24) is 0 Å². The molecule has 1 saturated heterocycles. The second-order valence-electron chi connectivity index (χ2n) is 5.80. The van der Waals surface area contributed by atoms with Crippen molar-refractivity contribution >= 4 is 17.7 Å². The maximum absolute atomic E-state index is 11.0. The minimum atomic E-state index is -0.740. The molecule has 1 spiro atoms. The van der Waals surface area contributed by atoms with Crippen LogP contribution >= 0.6 is 11.8 Å². The van der Waals surface area contributed by atoms with E-state index in [4.69, 9.17) is 9.84 Å². The molecule has 0 aromatic heterocycles. The Kier molecular flexibility index (Phi) is 3.74. The molecule has 1 N–H and O–H groups in total. The van der Waals surface area contributed by atoms with E-state index >= 15 is 0 Å². The zero-order valence-corrected chi connectivity index (χ0v) is 11.5. The molecule has 2 aliphatic rings. The third-order valence-electron chi connectivity index (χ3n) is 4.00. The second-order valence-corrected chi connectivity index (χ2v) is 7.44. The van der Waals surface area contributed by atoms with E-state index in [9.17, 15) is 4.79 Å². The average molecular weight is 258 g/mol. The molecule has 0 radical (unpaired) electrons. The molecule has 1 unspecified atom stereocenters. The number of rotatable bonds is 4. The van der Waals surface area contributed by atoms with Crippen LogP contribution in [0.1, 0.15) is 52.4 Å². The average Bonchev–Trinajstić information content (AvgIpc) is 2.87. The minimum absolute atomic E-state index is 0.165. The summed E-state index contributed by atoms with van der Waals surface area (Å²) < 4.78 is 5.47. The molecule has 1 atom stereocenters. The predicted octanol–water partition coefficient (Wildman–Crippen LogP) is 3.07. The van der Waals surface area contributed by atoms with Crippen molar-refractivity contribution in [3.8, 4) is 0 Å². The van der Waals surface area contributed by atoms with Gasteiger partial charge in [0, 0.05) is 5.75 Å². The van der Waals surface area contributed by atoms with Gasteiger partial charge in [-0.15, -0.1) is 11.8 Å². The largest absolute Gasteiger partial charge is 0.480 e. The van der Waals surface area contributed by atoms with Crippen LogP contribution in [0.2, 0.25) is 0 Å². The zero-order valence-electron chi connectivity index (χ0n) is 10.7. The maximum atomic E-state index is 11.0. The van der Waals surface area contributed by atoms with Crippen molar-refractivity contribution in [2.24, 2.45) is 0 Å². The van der Waals surface area contributed by atoms with Gasteiger partial charge in [0.2, 0.25) is 0 Å². The molecule has 1 heterocycles. The van der Waals surface area contributed by atoms with Crippen molar-refractivity contribution in [2.75, 3.05) is 5.75 Å². The van der Waals surface area contributed by atoms with Crippen molar-refractivity contribution in [1.29, 1.82) is 0 Å². The first-order valence-electron chi connectivity index (χ1n) is 6.49. The van der Waals surface area contributed by atoms with Gasteiger partial charge in [-0.25, -0.2) is 0 Å². The molecule has 0 aromatic carbocycles. The summed E-state index contributed by atoms with van der Waals surface area (Å²) in [5.74, 6) is 0.0669. The molecular weight excluding hydrogens is 236 g/mol. The van der Waals surface area contributed by atoms with Crippen LogP contribution < -0.4 is 0 Å². The summed E-state index contributed by atoms with van der Waals surface area (Å²) >= 11 is 1.50. The van der Waals surface area contributed by atoms with Crippen molar-refractivity contribution in [3.63, 3.8) is 0 Å². The van der Waals surface area contributed by atoms with Crippen molar-refractivity contribution < 1.29 is 14.6 Å².